The molecular formula is C16H31N. The molecule has 0 heterocycles. The second-order valence-corrected chi connectivity index (χ2v) is 7.20. The molecule has 0 bridgehead atoms. The van der Waals surface area contributed by atoms with Crippen molar-refractivity contribution < 1.29 is 0 Å². The molecule has 2 fully saturated rings. The van der Waals surface area contributed by atoms with Gasteiger partial charge in [0.25, 0.3) is 0 Å². The van der Waals surface area contributed by atoms with Gasteiger partial charge in [0.2, 0.25) is 0 Å². The van der Waals surface area contributed by atoms with Crippen LogP contribution in [-0.2, 0) is 0 Å². The van der Waals surface area contributed by atoms with Crippen LogP contribution in [0.4, 0.5) is 0 Å². The van der Waals surface area contributed by atoms with Crippen molar-refractivity contribution in [1.82, 2.24) is 5.32 Å². The summed E-state index contributed by atoms with van der Waals surface area (Å²) in [6.07, 6.45) is 14.5. The minimum Gasteiger partial charge on any atom is -0.314 e. The van der Waals surface area contributed by atoms with Gasteiger partial charge < -0.3 is 5.32 Å². The van der Waals surface area contributed by atoms with E-state index in [1.807, 2.05) is 0 Å². The highest BCUT2D eigenvalue weighted by Crippen LogP contribution is 2.34. The van der Waals surface area contributed by atoms with Crippen molar-refractivity contribution in [2.45, 2.75) is 84.1 Å². The summed E-state index contributed by atoms with van der Waals surface area (Å²) in [6.45, 7) is 6.18. The fourth-order valence-electron chi connectivity index (χ4n) is 3.59. The van der Waals surface area contributed by atoms with Crippen molar-refractivity contribution in [1.29, 1.82) is 0 Å². The second kappa shape index (κ2) is 6.22. The molecule has 1 N–H and O–H groups in total. The van der Waals surface area contributed by atoms with Crippen LogP contribution in [0.25, 0.3) is 0 Å². The molecule has 2 rings (SSSR count). The highest BCUT2D eigenvalue weighted by Gasteiger charge is 2.24. The third-order valence-electron chi connectivity index (χ3n) is 5.00. The maximum absolute atomic E-state index is 3.87. The third-order valence-corrected chi connectivity index (χ3v) is 5.00. The van der Waals surface area contributed by atoms with Crippen LogP contribution in [0.1, 0.15) is 78.1 Å². The van der Waals surface area contributed by atoms with Gasteiger partial charge in [0.05, 0.1) is 0 Å². The van der Waals surface area contributed by atoms with E-state index in [1.54, 1.807) is 0 Å². The Balaban J connectivity index is 1.68. The summed E-state index contributed by atoms with van der Waals surface area (Å²) in [4.78, 5) is 0. The molecule has 2 aliphatic carbocycles. The zero-order valence-corrected chi connectivity index (χ0v) is 11.9. The monoisotopic (exact) mass is 237 g/mol. The van der Waals surface area contributed by atoms with Crippen LogP contribution in [0.5, 0.6) is 0 Å². The van der Waals surface area contributed by atoms with Crippen LogP contribution >= 0.6 is 0 Å². The first-order chi connectivity index (χ1) is 8.16. The summed E-state index contributed by atoms with van der Waals surface area (Å²) in [7, 11) is 0. The van der Waals surface area contributed by atoms with E-state index in [0.29, 0.717) is 5.41 Å². The van der Waals surface area contributed by atoms with E-state index < -0.39 is 0 Å². The minimum absolute atomic E-state index is 0.598. The zero-order chi connectivity index (χ0) is 12.1. The molecule has 0 aliphatic heterocycles. The van der Waals surface area contributed by atoms with Gasteiger partial charge in [-0.05, 0) is 56.4 Å². The summed E-state index contributed by atoms with van der Waals surface area (Å²) in [5.41, 5.74) is 0.598. The Morgan fingerprint density at radius 2 is 1.65 bits per heavy atom. The Kier molecular flexibility index (Phi) is 4.90. The van der Waals surface area contributed by atoms with Crippen LogP contribution in [0.15, 0.2) is 0 Å². The van der Waals surface area contributed by atoms with Gasteiger partial charge in [-0.25, -0.2) is 0 Å². The van der Waals surface area contributed by atoms with E-state index in [2.05, 4.69) is 19.2 Å². The molecule has 0 spiro atoms. The number of nitrogens with one attached hydrogen (secondary N) is 1. The second-order valence-electron chi connectivity index (χ2n) is 7.20. The highest BCUT2D eigenvalue weighted by molar-refractivity contribution is 4.80. The SMILES string of the molecule is CC1(C)CCCC(NCC2CCCCC2)CC1. The highest BCUT2D eigenvalue weighted by atomic mass is 14.9. The van der Waals surface area contributed by atoms with Gasteiger partial charge >= 0.3 is 0 Å². The van der Waals surface area contributed by atoms with Crippen molar-refractivity contribution >= 4 is 0 Å². The number of rotatable bonds is 3. The van der Waals surface area contributed by atoms with Crippen molar-refractivity contribution in [2.75, 3.05) is 6.54 Å². The summed E-state index contributed by atoms with van der Waals surface area (Å²) in [5.74, 6) is 0.986. The summed E-state index contributed by atoms with van der Waals surface area (Å²) in [5, 5.41) is 3.87. The third kappa shape index (κ3) is 4.62. The standard InChI is InChI=1S/C16H31N/c1-16(2)11-6-9-15(10-12-16)17-13-14-7-4-3-5-8-14/h14-15,17H,3-13H2,1-2H3. The Morgan fingerprint density at radius 3 is 2.41 bits per heavy atom. The van der Waals surface area contributed by atoms with E-state index in [1.165, 1.54) is 70.8 Å². The molecule has 0 aromatic carbocycles. The molecule has 0 saturated heterocycles. The van der Waals surface area contributed by atoms with Gasteiger partial charge in [-0.1, -0.05) is 39.5 Å². The lowest BCUT2D eigenvalue weighted by atomic mass is 9.85. The topological polar surface area (TPSA) is 12.0 Å². The molecule has 0 aromatic heterocycles. The average Bonchev–Trinajstić information content (AvgIpc) is 2.49. The molecule has 1 nitrogen and oxygen atoms in total. The van der Waals surface area contributed by atoms with Crippen molar-refractivity contribution in [3.05, 3.63) is 0 Å². The maximum Gasteiger partial charge on any atom is 0.00673 e. The normalized spacial score (nSPS) is 31.1. The number of hydrogen-bond donors (Lipinski definition) is 1. The van der Waals surface area contributed by atoms with Crippen molar-refractivity contribution in [2.24, 2.45) is 11.3 Å². The van der Waals surface area contributed by atoms with Crippen LogP contribution in [0.2, 0.25) is 0 Å². The van der Waals surface area contributed by atoms with Gasteiger partial charge in [-0.3, -0.25) is 0 Å². The quantitative estimate of drug-likeness (QED) is 0.712. The van der Waals surface area contributed by atoms with Crippen LogP contribution in [0.3, 0.4) is 0 Å². The predicted octanol–water partition coefficient (Wildman–Crippen LogP) is 4.52. The molecule has 0 radical (unpaired) electrons. The molecule has 2 aliphatic rings. The fourth-order valence-corrected chi connectivity index (χ4v) is 3.59. The Morgan fingerprint density at radius 1 is 0.882 bits per heavy atom. The molecule has 1 atom stereocenters. The summed E-state index contributed by atoms with van der Waals surface area (Å²) >= 11 is 0. The first-order valence-corrected chi connectivity index (χ1v) is 7.89. The van der Waals surface area contributed by atoms with Crippen molar-refractivity contribution in [3.63, 3.8) is 0 Å². The molecule has 1 heteroatoms. The lowest BCUT2D eigenvalue weighted by molar-refractivity contribution is 0.299. The van der Waals surface area contributed by atoms with Gasteiger partial charge in [-0.2, -0.15) is 0 Å². The molecule has 100 valence electrons. The van der Waals surface area contributed by atoms with E-state index in [-0.39, 0.29) is 0 Å². The van der Waals surface area contributed by atoms with Crippen molar-refractivity contribution in [3.8, 4) is 0 Å². The molecular weight excluding hydrogens is 206 g/mol. The smallest absolute Gasteiger partial charge is 0.00673 e. The maximum atomic E-state index is 3.87. The van der Waals surface area contributed by atoms with E-state index >= 15 is 0 Å². The Labute approximate surface area is 108 Å². The minimum atomic E-state index is 0.598. The lowest BCUT2D eigenvalue weighted by Crippen LogP contribution is -2.33. The Bertz CT molecular complexity index is 216. The first-order valence-electron chi connectivity index (χ1n) is 7.89. The molecule has 0 aromatic rings. The van der Waals surface area contributed by atoms with Crippen LogP contribution in [0, 0.1) is 11.3 Å². The zero-order valence-electron chi connectivity index (χ0n) is 11.9. The predicted molar refractivity (Wildman–Crippen MR) is 75.2 cm³/mol. The van der Waals surface area contributed by atoms with E-state index in [0.717, 1.165) is 12.0 Å². The Hall–Kier alpha value is -0.0400. The largest absolute Gasteiger partial charge is 0.314 e. The van der Waals surface area contributed by atoms with Crippen LogP contribution < -0.4 is 5.32 Å². The first kappa shape index (κ1) is 13.4. The molecule has 17 heavy (non-hydrogen) atoms. The molecule has 0 amide bonds. The fraction of sp³-hybridized carbons (Fsp3) is 1.00. The van der Waals surface area contributed by atoms with E-state index in [9.17, 15) is 0 Å². The molecule has 2 saturated carbocycles. The summed E-state index contributed by atoms with van der Waals surface area (Å²) in [6, 6.07) is 0.818. The van der Waals surface area contributed by atoms with Gasteiger partial charge in [0, 0.05) is 6.04 Å². The lowest BCUT2D eigenvalue weighted by Gasteiger charge is -2.25. The number of hydrogen-bond acceptors (Lipinski definition) is 1. The van der Waals surface area contributed by atoms with Crippen LogP contribution in [-0.4, -0.2) is 12.6 Å². The van der Waals surface area contributed by atoms with Gasteiger partial charge in [0.15, 0.2) is 0 Å². The van der Waals surface area contributed by atoms with Gasteiger partial charge in [-0.15, -0.1) is 0 Å². The average molecular weight is 237 g/mol. The van der Waals surface area contributed by atoms with Gasteiger partial charge in [0.1, 0.15) is 0 Å². The summed E-state index contributed by atoms with van der Waals surface area (Å²) < 4.78 is 0. The molecule has 1 unspecified atom stereocenters. The van der Waals surface area contributed by atoms with E-state index in [4.69, 9.17) is 0 Å².